The van der Waals surface area contributed by atoms with Crippen LogP contribution in [-0.2, 0) is 55.5 Å². The monoisotopic (exact) mass is 1220 g/mol. The van der Waals surface area contributed by atoms with E-state index in [1.54, 1.807) is 42.7 Å². The van der Waals surface area contributed by atoms with Crippen molar-refractivity contribution in [3.8, 4) is 11.5 Å². The van der Waals surface area contributed by atoms with Gasteiger partial charge in [0.2, 0.25) is 12.3 Å². The maximum Gasteiger partial charge on any atom is 0.490 e. The van der Waals surface area contributed by atoms with E-state index in [4.69, 9.17) is 24.4 Å². The van der Waals surface area contributed by atoms with E-state index in [1.807, 2.05) is 69.1 Å². The molecular weight excluding hydrogens is 1160 g/mol. The summed E-state index contributed by atoms with van der Waals surface area (Å²) in [5.74, 6) is -5.49. The van der Waals surface area contributed by atoms with Crippen LogP contribution in [0.4, 0.5) is 71.6 Å². The minimum Gasteiger partial charge on any atom is -0.487 e. The number of ether oxygens (including phenoxy) is 2. The molecule has 466 valence electrons. The molecule has 2 aliphatic rings. The normalized spacial score (nSPS) is 19.1. The van der Waals surface area contributed by atoms with Gasteiger partial charge in [0.05, 0.1) is 57.6 Å². The van der Waals surface area contributed by atoms with Crippen LogP contribution in [-0.4, -0.2) is 82.4 Å². The number of rotatable bonds is 16. The largest absolute Gasteiger partial charge is 0.490 e. The van der Waals surface area contributed by atoms with Gasteiger partial charge in [-0.05, 0) is 141 Å². The molecule has 6 N–H and O–H groups in total. The minimum absolute atomic E-state index is 0.168. The van der Waals surface area contributed by atoms with Crippen molar-refractivity contribution in [2.24, 2.45) is 10.8 Å². The van der Waals surface area contributed by atoms with Crippen molar-refractivity contribution in [1.29, 1.82) is 0 Å². The molecule has 6 aromatic rings. The maximum atomic E-state index is 14.5. The molecule has 2 aromatic carbocycles. The van der Waals surface area contributed by atoms with Crippen LogP contribution in [0.3, 0.4) is 0 Å². The van der Waals surface area contributed by atoms with Gasteiger partial charge in [-0.1, -0.05) is 24.3 Å². The molecule has 4 aromatic heterocycles. The average Bonchev–Trinajstić information content (AvgIpc) is 4.25. The van der Waals surface area contributed by atoms with E-state index in [1.165, 1.54) is 0 Å². The van der Waals surface area contributed by atoms with Crippen LogP contribution >= 0.6 is 0 Å². The summed E-state index contributed by atoms with van der Waals surface area (Å²) in [5, 5.41) is 32.5. The maximum absolute atomic E-state index is 14.5. The van der Waals surface area contributed by atoms with Crippen LogP contribution in [0.1, 0.15) is 115 Å². The van der Waals surface area contributed by atoms with Gasteiger partial charge < -0.3 is 30.3 Å². The fourth-order valence-electron chi connectivity index (χ4n) is 9.82. The van der Waals surface area contributed by atoms with E-state index in [9.17, 15) is 67.8 Å². The molecule has 0 atom stereocenters. The Bertz CT molecular complexity index is 3300. The number of aliphatic carboxylic acids is 2. The number of alkyl halides is 9. The molecule has 8 rings (SSSR count). The molecule has 0 radical (unpaired) electrons. The predicted octanol–water partition coefficient (Wildman–Crippen LogP) is 12.5. The highest BCUT2D eigenvalue weighted by Gasteiger charge is 2.46. The highest BCUT2D eigenvalue weighted by Crippen LogP contribution is 2.44. The Kier molecular flexibility index (Phi) is 20.8. The lowest BCUT2D eigenvalue weighted by Gasteiger charge is -2.38. The number of aromatic nitrogens is 6. The number of amides is 2. The van der Waals surface area contributed by atoms with Crippen molar-refractivity contribution < 1.29 is 87.2 Å². The lowest BCUT2D eigenvalue weighted by molar-refractivity contribution is -0.192. The summed E-state index contributed by atoms with van der Waals surface area (Å²) >= 11 is 0. The van der Waals surface area contributed by atoms with Crippen molar-refractivity contribution in [2.45, 2.75) is 148 Å². The van der Waals surface area contributed by atoms with Crippen LogP contribution in [0, 0.1) is 22.5 Å². The summed E-state index contributed by atoms with van der Waals surface area (Å²) < 4.78 is 154. The standard InChI is InChI=1S/C28H32F4N6O3.C27H30F4N4O3.C2HF3O2/c1-26(2,3)38-23(12-15-34-38)36-22-9-4-6-18(35-22)16-27(25(40)37-33-17-39)13-10-19(11-14-27)41-21-8-5-7-20(24(21)29)28(30,31)32;1-25(2,3)35-22(12-15-32-35)34-21-9-4-6-17(33-21)16-26(24(36)37)13-10-18(11-14-26)38-20-8-5-7-19(23(20)28)27(29,30)31;3-2(4,5)1(6)7/h4-9,12,15,17,19H,10-11,13-14,16H2,1-3H3,(H,33,39)(H,35,36)(H,37,40);4-9,12,15,18H,10-11,13-14,16H2,1-3H3,(H,33,34)(H,36,37);(H,6,7). The van der Waals surface area contributed by atoms with Crippen molar-refractivity contribution in [1.82, 2.24) is 40.4 Å². The number of carboxylic acids is 2. The van der Waals surface area contributed by atoms with Gasteiger partial charge in [-0.15, -0.1) is 0 Å². The van der Waals surface area contributed by atoms with Crippen LogP contribution < -0.4 is 31.0 Å². The average molecular weight is 1230 g/mol. The zero-order chi connectivity index (χ0) is 63.6. The Morgan fingerprint density at radius 2 is 0.965 bits per heavy atom. The molecule has 4 heterocycles. The highest BCUT2D eigenvalue weighted by molar-refractivity contribution is 5.83. The van der Waals surface area contributed by atoms with Gasteiger partial charge in [-0.25, -0.2) is 32.9 Å². The van der Waals surface area contributed by atoms with Gasteiger partial charge in [0.1, 0.15) is 23.3 Å². The molecule has 0 saturated heterocycles. The van der Waals surface area contributed by atoms with Crippen LogP contribution in [0.25, 0.3) is 0 Å². The molecular formula is C57H63F11N10O8. The first-order valence-electron chi connectivity index (χ1n) is 26.7. The second-order valence-electron chi connectivity index (χ2n) is 22.5. The van der Waals surface area contributed by atoms with Crippen molar-refractivity contribution in [3.63, 3.8) is 0 Å². The number of hydrazine groups is 1. The first-order valence-corrected chi connectivity index (χ1v) is 26.7. The van der Waals surface area contributed by atoms with E-state index in [-0.39, 0.29) is 75.3 Å². The number of benzene rings is 2. The summed E-state index contributed by atoms with van der Waals surface area (Å²) in [6.07, 6.45) is -9.87. The number of pyridine rings is 2. The third kappa shape index (κ3) is 17.3. The Labute approximate surface area is 485 Å². The van der Waals surface area contributed by atoms with E-state index >= 15 is 0 Å². The van der Waals surface area contributed by atoms with Gasteiger partial charge in [0.15, 0.2) is 23.1 Å². The van der Waals surface area contributed by atoms with Crippen LogP contribution in [0.15, 0.2) is 97.3 Å². The zero-order valence-electron chi connectivity index (χ0n) is 47.2. The van der Waals surface area contributed by atoms with Gasteiger partial charge in [-0.3, -0.25) is 25.2 Å². The summed E-state index contributed by atoms with van der Waals surface area (Å²) in [4.78, 5) is 54.7. The first kappa shape index (κ1) is 66.6. The lowest BCUT2D eigenvalue weighted by atomic mass is 9.69. The van der Waals surface area contributed by atoms with Gasteiger partial charge in [-0.2, -0.15) is 49.7 Å². The van der Waals surface area contributed by atoms with Crippen molar-refractivity contribution in [2.75, 3.05) is 10.6 Å². The minimum atomic E-state index is -5.08. The number of nitrogens with one attached hydrogen (secondary N) is 4. The zero-order valence-corrected chi connectivity index (χ0v) is 47.2. The van der Waals surface area contributed by atoms with E-state index < -0.39 is 93.7 Å². The second-order valence-corrected chi connectivity index (χ2v) is 22.5. The number of nitrogens with zero attached hydrogens (tertiary/aromatic N) is 6. The third-order valence-corrected chi connectivity index (χ3v) is 14.0. The van der Waals surface area contributed by atoms with Crippen molar-refractivity contribution >= 4 is 47.5 Å². The fourth-order valence-corrected chi connectivity index (χ4v) is 9.82. The van der Waals surface area contributed by atoms with E-state index in [0.717, 1.165) is 35.9 Å². The van der Waals surface area contributed by atoms with E-state index in [2.05, 4.69) is 36.7 Å². The van der Waals surface area contributed by atoms with Gasteiger partial charge in [0, 0.05) is 36.4 Å². The fraction of sp³-hybridized carbons (Fsp3) is 0.439. The third-order valence-electron chi connectivity index (χ3n) is 14.0. The summed E-state index contributed by atoms with van der Waals surface area (Å²) in [5.41, 5.74) is 0.348. The number of carboxylic acid groups (broad SMARTS) is 2. The van der Waals surface area contributed by atoms with Crippen LogP contribution in [0.5, 0.6) is 11.5 Å². The number of carbonyl (C=O) groups excluding carboxylic acids is 2. The molecule has 29 heteroatoms. The summed E-state index contributed by atoms with van der Waals surface area (Å²) in [6, 6.07) is 20.2. The Balaban J connectivity index is 0.000000248. The topological polar surface area (TPSA) is 237 Å². The SMILES string of the molecule is CC(C)(C)n1nccc1Nc1cccc(CC2(C(=O)NNC=O)CCC(Oc3cccc(C(F)(F)F)c3F)CC2)n1.CC(C)(C)n1nccc1Nc1cccc(CC2(C(=O)O)CCC(Oc3cccc(C(F)(F)F)c3F)CC2)n1.O=C(O)C(F)(F)F. The number of hydrogen-bond acceptors (Lipinski definition) is 12. The number of carbonyl (C=O) groups is 4. The molecule has 2 amide bonds. The lowest BCUT2D eigenvalue weighted by Crippen LogP contribution is -2.50. The van der Waals surface area contributed by atoms with Crippen LogP contribution in [0.2, 0.25) is 0 Å². The quantitative estimate of drug-likeness (QED) is 0.0300. The Hall–Kier alpha value is -8.53. The Morgan fingerprint density at radius 3 is 1.31 bits per heavy atom. The van der Waals surface area contributed by atoms with Gasteiger partial charge in [0.25, 0.3) is 0 Å². The number of halogens is 11. The number of anilines is 4. The highest BCUT2D eigenvalue weighted by atomic mass is 19.4. The molecule has 2 aliphatic carbocycles. The number of hydrogen-bond donors (Lipinski definition) is 6. The summed E-state index contributed by atoms with van der Waals surface area (Å²) in [6.45, 7) is 12.1. The molecule has 0 bridgehead atoms. The molecule has 0 spiro atoms. The Morgan fingerprint density at radius 1 is 0.593 bits per heavy atom. The molecule has 2 fully saturated rings. The first-order chi connectivity index (χ1) is 40.0. The summed E-state index contributed by atoms with van der Waals surface area (Å²) in [7, 11) is 0. The van der Waals surface area contributed by atoms with Gasteiger partial charge >= 0.3 is 30.5 Å². The molecule has 2 saturated carbocycles. The smallest absolute Gasteiger partial charge is 0.487 e. The molecule has 0 unspecified atom stereocenters. The van der Waals surface area contributed by atoms with Crippen molar-refractivity contribution in [3.05, 3.63) is 131 Å². The predicted molar refractivity (Wildman–Crippen MR) is 289 cm³/mol. The molecule has 0 aliphatic heterocycles. The molecule has 86 heavy (non-hydrogen) atoms. The molecule has 18 nitrogen and oxygen atoms in total. The second kappa shape index (κ2) is 26.8. The van der Waals surface area contributed by atoms with E-state index in [0.29, 0.717) is 41.6 Å².